The molecule has 0 aliphatic heterocycles. The van der Waals surface area contributed by atoms with Gasteiger partial charge < -0.3 is 16.2 Å². The van der Waals surface area contributed by atoms with E-state index in [1.807, 2.05) is 13.8 Å². The van der Waals surface area contributed by atoms with Crippen LogP contribution in [0.25, 0.3) is 0 Å². The third kappa shape index (κ3) is 4.10. The number of aliphatic hydroxyl groups is 1. The van der Waals surface area contributed by atoms with Gasteiger partial charge in [0.25, 0.3) is 5.56 Å². The molecule has 7 nitrogen and oxygen atoms in total. The van der Waals surface area contributed by atoms with Crippen molar-refractivity contribution in [1.82, 2.24) is 9.13 Å². The second-order valence-corrected chi connectivity index (χ2v) is 5.54. The number of hydrogen-bond acceptors (Lipinski definition) is 5. The van der Waals surface area contributed by atoms with Gasteiger partial charge in [0.1, 0.15) is 11.5 Å². The molecule has 7 heteroatoms. The van der Waals surface area contributed by atoms with Crippen LogP contribution < -0.4 is 22.3 Å². The van der Waals surface area contributed by atoms with Gasteiger partial charge in [-0.1, -0.05) is 13.3 Å². The number of nitrogen functional groups attached to an aromatic ring is 1. The van der Waals surface area contributed by atoms with Crippen LogP contribution in [-0.4, -0.2) is 26.4 Å². The SMILES string of the molecule is CCCCn1c(N)c(NC(C)CC(C)O)c(=O)n(C)c1=O. The molecule has 0 amide bonds. The molecule has 120 valence electrons. The van der Waals surface area contributed by atoms with Crippen LogP contribution >= 0.6 is 0 Å². The summed E-state index contributed by atoms with van der Waals surface area (Å²) in [6, 6.07) is -0.128. The van der Waals surface area contributed by atoms with E-state index in [1.54, 1.807) is 6.92 Å². The highest BCUT2D eigenvalue weighted by Gasteiger charge is 2.17. The summed E-state index contributed by atoms with van der Waals surface area (Å²) < 4.78 is 2.48. The quantitative estimate of drug-likeness (QED) is 0.680. The summed E-state index contributed by atoms with van der Waals surface area (Å²) in [5.74, 6) is 0.161. The highest BCUT2D eigenvalue weighted by atomic mass is 16.3. The second-order valence-electron chi connectivity index (χ2n) is 5.54. The molecule has 1 aromatic heterocycles. The van der Waals surface area contributed by atoms with Crippen molar-refractivity contribution in [2.45, 2.75) is 58.7 Å². The molecular weight excluding hydrogens is 272 g/mol. The van der Waals surface area contributed by atoms with Crippen molar-refractivity contribution < 1.29 is 5.11 Å². The van der Waals surface area contributed by atoms with E-state index in [9.17, 15) is 14.7 Å². The van der Waals surface area contributed by atoms with Gasteiger partial charge in [0.15, 0.2) is 0 Å². The average Bonchev–Trinajstić information content (AvgIpc) is 2.40. The summed E-state index contributed by atoms with van der Waals surface area (Å²) in [5.41, 5.74) is 5.38. The molecule has 21 heavy (non-hydrogen) atoms. The lowest BCUT2D eigenvalue weighted by molar-refractivity contribution is 0.179. The fraction of sp³-hybridized carbons (Fsp3) is 0.714. The average molecular weight is 298 g/mol. The van der Waals surface area contributed by atoms with Crippen molar-refractivity contribution in [3.8, 4) is 0 Å². The first kappa shape index (κ1) is 17.3. The van der Waals surface area contributed by atoms with E-state index in [0.717, 1.165) is 17.4 Å². The van der Waals surface area contributed by atoms with Crippen LogP contribution in [0.15, 0.2) is 9.59 Å². The largest absolute Gasteiger partial charge is 0.393 e. The van der Waals surface area contributed by atoms with E-state index in [0.29, 0.717) is 13.0 Å². The number of anilines is 2. The minimum Gasteiger partial charge on any atom is -0.393 e. The normalized spacial score (nSPS) is 14.0. The van der Waals surface area contributed by atoms with Crippen molar-refractivity contribution in [2.75, 3.05) is 11.1 Å². The molecule has 2 unspecified atom stereocenters. The summed E-state index contributed by atoms with van der Waals surface area (Å²) in [6.45, 7) is 6.04. The van der Waals surface area contributed by atoms with Gasteiger partial charge >= 0.3 is 5.69 Å². The molecule has 0 saturated heterocycles. The van der Waals surface area contributed by atoms with Gasteiger partial charge in [-0.25, -0.2) is 4.79 Å². The molecule has 0 aliphatic rings. The van der Waals surface area contributed by atoms with Crippen LogP contribution in [0.1, 0.15) is 40.0 Å². The number of hydrogen-bond donors (Lipinski definition) is 3. The predicted molar refractivity (Wildman–Crippen MR) is 84.6 cm³/mol. The highest BCUT2D eigenvalue weighted by Crippen LogP contribution is 2.14. The summed E-state index contributed by atoms with van der Waals surface area (Å²) in [6.07, 6.45) is 1.74. The Balaban J connectivity index is 3.22. The lowest BCUT2D eigenvalue weighted by Crippen LogP contribution is -2.41. The molecule has 0 radical (unpaired) electrons. The molecule has 0 saturated carbocycles. The van der Waals surface area contributed by atoms with E-state index in [4.69, 9.17) is 5.73 Å². The second kappa shape index (κ2) is 7.31. The third-order valence-corrected chi connectivity index (χ3v) is 3.40. The number of nitrogens with zero attached hydrogens (tertiary/aromatic N) is 2. The fourth-order valence-corrected chi connectivity index (χ4v) is 2.27. The van der Waals surface area contributed by atoms with E-state index in [1.165, 1.54) is 11.6 Å². The molecular formula is C14H26N4O3. The maximum absolute atomic E-state index is 12.2. The van der Waals surface area contributed by atoms with E-state index >= 15 is 0 Å². The monoisotopic (exact) mass is 298 g/mol. The molecule has 0 aliphatic carbocycles. The first-order valence-corrected chi connectivity index (χ1v) is 7.33. The predicted octanol–water partition coefficient (Wildman–Crippen LogP) is 0.501. The lowest BCUT2D eigenvalue weighted by Gasteiger charge is -2.20. The number of aromatic nitrogens is 2. The molecule has 1 heterocycles. The molecule has 1 rings (SSSR count). The molecule has 2 atom stereocenters. The van der Waals surface area contributed by atoms with E-state index in [-0.39, 0.29) is 17.5 Å². The van der Waals surface area contributed by atoms with Gasteiger partial charge in [-0.15, -0.1) is 0 Å². The van der Waals surface area contributed by atoms with Crippen molar-refractivity contribution in [3.63, 3.8) is 0 Å². The summed E-state index contributed by atoms with van der Waals surface area (Å²) in [4.78, 5) is 24.3. The van der Waals surface area contributed by atoms with E-state index < -0.39 is 17.4 Å². The Morgan fingerprint density at radius 3 is 2.48 bits per heavy atom. The molecule has 4 N–H and O–H groups in total. The molecule has 1 aromatic rings. The first-order valence-electron chi connectivity index (χ1n) is 7.33. The van der Waals surface area contributed by atoms with Crippen molar-refractivity contribution in [1.29, 1.82) is 0 Å². The third-order valence-electron chi connectivity index (χ3n) is 3.40. The molecule has 0 bridgehead atoms. The number of unbranched alkanes of at least 4 members (excludes halogenated alkanes) is 1. The van der Waals surface area contributed by atoms with Crippen LogP contribution in [0.3, 0.4) is 0 Å². The zero-order valence-corrected chi connectivity index (χ0v) is 13.2. The van der Waals surface area contributed by atoms with Crippen molar-refractivity contribution in [2.24, 2.45) is 7.05 Å². The number of nitrogens with one attached hydrogen (secondary N) is 1. The number of nitrogens with two attached hydrogens (primary N) is 1. The summed E-state index contributed by atoms with van der Waals surface area (Å²) >= 11 is 0. The van der Waals surface area contributed by atoms with Crippen LogP contribution in [0.4, 0.5) is 11.5 Å². The van der Waals surface area contributed by atoms with Gasteiger partial charge in [-0.05, 0) is 26.7 Å². The lowest BCUT2D eigenvalue weighted by atomic mass is 10.1. The van der Waals surface area contributed by atoms with Crippen LogP contribution in [0.2, 0.25) is 0 Å². The Morgan fingerprint density at radius 2 is 1.95 bits per heavy atom. The zero-order valence-electron chi connectivity index (χ0n) is 13.2. The first-order chi connectivity index (χ1) is 9.79. The maximum Gasteiger partial charge on any atom is 0.332 e. The maximum atomic E-state index is 12.2. The minimum absolute atomic E-state index is 0.128. The topological polar surface area (TPSA) is 102 Å². The molecule has 0 spiro atoms. The summed E-state index contributed by atoms with van der Waals surface area (Å²) in [5, 5.41) is 12.4. The standard InChI is InChI=1S/C14H26N4O3/c1-5-6-7-18-12(15)11(13(20)17(4)14(18)21)16-9(2)8-10(3)19/h9-10,16,19H,5-8,15H2,1-4H3. The Morgan fingerprint density at radius 1 is 1.33 bits per heavy atom. The zero-order chi connectivity index (χ0) is 16.2. The van der Waals surface area contributed by atoms with Crippen molar-refractivity contribution in [3.05, 3.63) is 20.8 Å². The number of aliphatic hydroxyl groups excluding tert-OH is 1. The number of rotatable bonds is 7. The van der Waals surface area contributed by atoms with Gasteiger partial charge in [0.2, 0.25) is 0 Å². The van der Waals surface area contributed by atoms with Gasteiger partial charge in [-0.3, -0.25) is 13.9 Å². The fourth-order valence-electron chi connectivity index (χ4n) is 2.27. The van der Waals surface area contributed by atoms with Gasteiger partial charge in [0.05, 0.1) is 6.10 Å². The van der Waals surface area contributed by atoms with Gasteiger partial charge in [0, 0.05) is 19.6 Å². The summed E-state index contributed by atoms with van der Waals surface area (Å²) in [7, 11) is 1.44. The molecule has 0 aromatic carbocycles. The van der Waals surface area contributed by atoms with Crippen LogP contribution in [0.5, 0.6) is 0 Å². The van der Waals surface area contributed by atoms with Gasteiger partial charge in [-0.2, -0.15) is 0 Å². The molecule has 0 fully saturated rings. The Labute approximate surface area is 124 Å². The highest BCUT2D eigenvalue weighted by molar-refractivity contribution is 5.61. The Kier molecular flexibility index (Phi) is 6.02. The van der Waals surface area contributed by atoms with Crippen LogP contribution in [-0.2, 0) is 13.6 Å². The van der Waals surface area contributed by atoms with E-state index in [2.05, 4.69) is 5.32 Å². The van der Waals surface area contributed by atoms with Crippen molar-refractivity contribution >= 4 is 11.5 Å². The van der Waals surface area contributed by atoms with Crippen LogP contribution in [0, 0.1) is 0 Å². The Hall–Kier alpha value is -1.76. The minimum atomic E-state index is -0.483. The Bertz CT molecular complexity index is 589. The smallest absolute Gasteiger partial charge is 0.332 e.